The summed E-state index contributed by atoms with van der Waals surface area (Å²) in [5.74, 6) is 0. The van der Waals surface area contributed by atoms with Crippen molar-refractivity contribution in [3.05, 3.63) is 50.9 Å². The molecule has 2 rings (SSSR count). The van der Waals surface area contributed by atoms with E-state index in [4.69, 9.17) is 0 Å². The maximum absolute atomic E-state index is 11.9. The normalized spacial score (nSPS) is 10.2. The number of urea groups is 1. The first kappa shape index (κ1) is 14.0. The van der Waals surface area contributed by atoms with Crippen molar-refractivity contribution in [2.24, 2.45) is 0 Å². The van der Waals surface area contributed by atoms with Gasteiger partial charge in [0.15, 0.2) is 0 Å². The predicted octanol–water partition coefficient (Wildman–Crippen LogP) is 3.25. The van der Waals surface area contributed by atoms with E-state index in [1.54, 1.807) is 35.7 Å². The maximum Gasteiger partial charge on any atom is 0.317 e. The molecule has 0 spiro atoms. The Morgan fingerprint density at radius 1 is 1.47 bits per heavy atom. The zero-order valence-electron chi connectivity index (χ0n) is 10.5. The first-order chi connectivity index (χ1) is 9.15. The van der Waals surface area contributed by atoms with Gasteiger partial charge in [0.25, 0.3) is 0 Å². The predicted molar refractivity (Wildman–Crippen MR) is 80.0 cm³/mol. The van der Waals surface area contributed by atoms with Gasteiger partial charge in [-0.3, -0.25) is 4.98 Å². The number of nitrogens with one attached hydrogen (secondary N) is 1. The van der Waals surface area contributed by atoms with E-state index in [0.717, 1.165) is 14.2 Å². The van der Waals surface area contributed by atoms with Gasteiger partial charge >= 0.3 is 6.03 Å². The number of hydrogen-bond acceptors (Lipinski definition) is 3. The summed E-state index contributed by atoms with van der Waals surface area (Å²) in [5, 5.41) is 2.87. The van der Waals surface area contributed by atoms with Crippen LogP contribution in [0, 0.1) is 0 Å². The molecule has 6 heteroatoms. The summed E-state index contributed by atoms with van der Waals surface area (Å²) in [6.45, 7) is 1.10. The summed E-state index contributed by atoms with van der Waals surface area (Å²) in [6.07, 6.45) is 3.46. The highest BCUT2D eigenvalue weighted by atomic mass is 79.9. The van der Waals surface area contributed by atoms with Gasteiger partial charge in [-0.15, -0.1) is 11.3 Å². The summed E-state index contributed by atoms with van der Waals surface area (Å²) < 4.78 is 1.08. The minimum atomic E-state index is -0.0895. The number of nitrogens with zero attached hydrogens (tertiary/aromatic N) is 2. The molecule has 0 aliphatic carbocycles. The Balaban J connectivity index is 1.82. The summed E-state index contributed by atoms with van der Waals surface area (Å²) in [7, 11) is 1.78. The third-order valence-corrected chi connectivity index (χ3v) is 4.14. The zero-order valence-corrected chi connectivity index (χ0v) is 12.9. The standard InChI is InChI=1S/C13H14BrN3OS/c1-17(9-11-4-5-12(14)19-11)13(18)16-8-10-3-2-6-15-7-10/h2-7H,8-9H2,1H3,(H,16,18). The summed E-state index contributed by atoms with van der Waals surface area (Å²) in [5.41, 5.74) is 0.989. The number of carbonyl (C=O) groups is 1. The Hall–Kier alpha value is -1.40. The lowest BCUT2D eigenvalue weighted by molar-refractivity contribution is 0.207. The third kappa shape index (κ3) is 4.33. The number of amides is 2. The summed E-state index contributed by atoms with van der Waals surface area (Å²) >= 11 is 5.05. The summed E-state index contributed by atoms with van der Waals surface area (Å²) in [4.78, 5) is 18.7. The monoisotopic (exact) mass is 339 g/mol. The van der Waals surface area contributed by atoms with Crippen molar-refractivity contribution in [2.45, 2.75) is 13.1 Å². The number of thiophene rings is 1. The van der Waals surface area contributed by atoms with E-state index >= 15 is 0 Å². The van der Waals surface area contributed by atoms with Gasteiger partial charge in [-0.1, -0.05) is 6.07 Å². The molecule has 0 unspecified atom stereocenters. The highest BCUT2D eigenvalue weighted by molar-refractivity contribution is 9.11. The van der Waals surface area contributed by atoms with Crippen LogP contribution in [-0.4, -0.2) is 23.0 Å². The van der Waals surface area contributed by atoms with Gasteiger partial charge in [-0.2, -0.15) is 0 Å². The van der Waals surface area contributed by atoms with Crippen LogP contribution in [0.2, 0.25) is 0 Å². The second kappa shape index (κ2) is 6.68. The Morgan fingerprint density at radius 2 is 2.32 bits per heavy atom. The molecule has 19 heavy (non-hydrogen) atoms. The molecule has 2 heterocycles. The highest BCUT2D eigenvalue weighted by Crippen LogP contribution is 2.22. The van der Waals surface area contributed by atoms with Crippen LogP contribution in [0.4, 0.5) is 4.79 Å². The molecule has 0 bridgehead atoms. The number of pyridine rings is 1. The van der Waals surface area contributed by atoms with Crippen molar-refractivity contribution in [1.82, 2.24) is 15.2 Å². The van der Waals surface area contributed by atoms with Crippen LogP contribution >= 0.6 is 27.3 Å². The quantitative estimate of drug-likeness (QED) is 0.929. The first-order valence-electron chi connectivity index (χ1n) is 5.77. The molecule has 2 amide bonds. The third-order valence-electron chi connectivity index (χ3n) is 2.54. The molecule has 4 nitrogen and oxygen atoms in total. The van der Waals surface area contributed by atoms with Crippen LogP contribution in [0.3, 0.4) is 0 Å². The molecule has 0 saturated carbocycles. The Morgan fingerprint density at radius 3 is 2.95 bits per heavy atom. The topological polar surface area (TPSA) is 45.2 Å². The van der Waals surface area contributed by atoms with Crippen molar-refractivity contribution < 1.29 is 4.79 Å². The van der Waals surface area contributed by atoms with Gasteiger partial charge in [0.1, 0.15) is 0 Å². The van der Waals surface area contributed by atoms with Gasteiger partial charge in [0, 0.05) is 30.9 Å². The van der Waals surface area contributed by atoms with Crippen LogP contribution in [0.5, 0.6) is 0 Å². The van der Waals surface area contributed by atoms with E-state index in [1.807, 2.05) is 24.3 Å². The molecule has 0 aliphatic rings. The lowest BCUT2D eigenvalue weighted by Crippen LogP contribution is -2.36. The fraction of sp³-hybridized carbons (Fsp3) is 0.231. The van der Waals surface area contributed by atoms with Crippen LogP contribution in [0.25, 0.3) is 0 Å². The maximum atomic E-state index is 11.9. The SMILES string of the molecule is CN(Cc1ccc(Br)s1)C(=O)NCc1cccnc1. The van der Waals surface area contributed by atoms with Crippen molar-refractivity contribution in [2.75, 3.05) is 7.05 Å². The van der Waals surface area contributed by atoms with Crippen LogP contribution in [0.1, 0.15) is 10.4 Å². The Bertz CT molecular complexity index is 544. The second-order valence-electron chi connectivity index (χ2n) is 4.08. The van der Waals surface area contributed by atoms with Crippen molar-refractivity contribution in [1.29, 1.82) is 0 Å². The number of aromatic nitrogens is 1. The molecular formula is C13H14BrN3OS. The van der Waals surface area contributed by atoms with Gasteiger partial charge < -0.3 is 10.2 Å². The van der Waals surface area contributed by atoms with Crippen molar-refractivity contribution in [3.63, 3.8) is 0 Å². The Kier molecular flexibility index (Phi) is 4.93. The number of rotatable bonds is 4. The molecule has 100 valence electrons. The highest BCUT2D eigenvalue weighted by Gasteiger charge is 2.09. The van der Waals surface area contributed by atoms with Crippen LogP contribution in [-0.2, 0) is 13.1 Å². The fourth-order valence-electron chi connectivity index (χ4n) is 1.56. The molecule has 1 N–H and O–H groups in total. The molecule has 2 aromatic heterocycles. The van der Waals surface area contributed by atoms with Crippen molar-refractivity contribution >= 4 is 33.3 Å². The van der Waals surface area contributed by atoms with E-state index in [0.29, 0.717) is 13.1 Å². The number of hydrogen-bond donors (Lipinski definition) is 1. The molecule has 0 radical (unpaired) electrons. The molecule has 0 aromatic carbocycles. The van der Waals surface area contributed by atoms with E-state index in [2.05, 4.69) is 26.2 Å². The lowest BCUT2D eigenvalue weighted by atomic mass is 10.3. The minimum Gasteiger partial charge on any atom is -0.334 e. The fourth-order valence-corrected chi connectivity index (χ4v) is 3.09. The molecule has 2 aromatic rings. The smallest absolute Gasteiger partial charge is 0.317 e. The van der Waals surface area contributed by atoms with E-state index in [9.17, 15) is 4.79 Å². The van der Waals surface area contributed by atoms with E-state index < -0.39 is 0 Å². The molecule has 0 saturated heterocycles. The summed E-state index contributed by atoms with van der Waals surface area (Å²) in [6, 6.07) is 7.70. The molecule has 0 fully saturated rings. The molecule has 0 atom stereocenters. The van der Waals surface area contributed by atoms with Gasteiger partial charge in [0.2, 0.25) is 0 Å². The van der Waals surface area contributed by atoms with Crippen molar-refractivity contribution in [3.8, 4) is 0 Å². The van der Waals surface area contributed by atoms with Gasteiger partial charge in [-0.25, -0.2) is 4.79 Å². The van der Waals surface area contributed by atoms with E-state index in [1.165, 1.54) is 0 Å². The van der Waals surface area contributed by atoms with Crippen LogP contribution in [0.15, 0.2) is 40.4 Å². The molecular weight excluding hydrogens is 326 g/mol. The van der Waals surface area contributed by atoms with E-state index in [-0.39, 0.29) is 6.03 Å². The lowest BCUT2D eigenvalue weighted by Gasteiger charge is -2.17. The average molecular weight is 340 g/mol. The van der Waals surface area contributed by atoms with Crippen LogP contribution < -0.4 is 5.32 Å². The Labute approximate surface area is 124 Å². The number of halogens is 1. The average Bonchev–Trinajstić information content (AvgIpc) is 2.82. The van der Waals surface area contributed by atoms with Gasteiger partial charge in [-0.05, 0) is 39.7 Å². The minimum absolute atomic E-state index is 0.0895. The zero-order chi connectivity index (χ0) is 13.7. The first-order valence-corrected chi connectivity index (χ1v) is 7.38. The number of carbonyl (C=O) groups excluding carboxylic acids is 1. The largest absolute Gasteiger partial charge is 0.334 e. The van der Waals surface area contributed by atoms with Gasteiger partial charge in [0.05, 0.1) is 10.3 Å². The second-order valence-corrected chi connectivity index (χ2v) is 6.63. The molecule has 0 aliphatic heterocycles.